The number of benzene rings is 3. The minimum absolute atomic E-state index is 0.172. The van der Waals surface area contributed by atoms with Gasteiger partial charge in [-0.2, -0.15) is 5.10 Å². The monoisotopic (exact) mass is 734 g/mol. The van der Waals surface area contributed by atoms with Crippen molar-refractivity contribution in [3.8, 4) is 11.1 Å². The fourth-order valence-electron chi connectivity index (χ4n) is 7.10. The number of hydrogen-bond acceptors (Lipinski definition) is 8. The second kappa shape index (κ2) is 17.8. The number of hydrogen-bond donors (Lipinski definition) is 3. The number of amides is 2. The first kappa shape index (κ1) is 38.6. The van der Waals surface area contributed by atoms with Crippen LogP contribution >= 0.6 is 0 Å². The van der Waals surface area contributed by atoms with Gasteiger partial charge >= 0.3 is 0 Å². The predicted molar refractivity (Wildman–Crippen MR) is 211 cm³/mol. The van der Waals surface area contributed by atoms with Crippen molar-refractivity contribution in [2.45, 2.75) is 65.3 Å². The molecule has 284 valence electrons. The van der Waals surface area contributed by atoms with Crippen LogP contribution in [-0.2, 0) is 37.3 Å². The Morgan fingerprint density at radius 1 is 0.981 bits per heavy atom. The van der Waals surface area contributed by atoms with E-state index in [9.17, 15) is 9.59 Å². The van der Waals surface area contributed by atoms with Crippen molar-refractivity contribution < 1.29 is 18.7 Å². The van der Waals surface area contributed by atoms with Gasteiger partial charge in [0, 0.05) is 79.9 Å². The van der Waals surface area contributed by atoms with Crippen molar-refractivity contribution in [2.24, 2.45) is 5.73 Å². The largest absolute Gasteiger partial charge is 0.381 e. The van der Waals surface area contributed by atoms with E-state index in [-0.39, 0.29) is 36.4 Å². The first-order chi connectivity index (χ1) is 26.2. The molecule has 54 heavy (non-hydrogen) atoms. The SMILES string of the molecule is CCc1nc2c(cnn2CC)c(NC2CCOCC2)c1CN(Cc1ccc(F)c(-c2cccc(CN(C)CCNC)c2)c1)C(=O)c1cccc(C(N)=O)c1. The van der Waals surface area contributed by atoms with Crippen LogP contribution in [0.5, 0.6) is 0 Å². The van der Waals surface area contributed by atoms with Gasteiger partial charge in [0.1, 0.15) is 5.82 Å². The molecule has 0 aliphatic carbocycles. The Bertz CT molecular complexity index is 2090. The highest BCUT2D eigenvalue weighted by atomic mass is 19.1. The average molecular weight is 735 g/mol. The maximum Gasteiger partial charge on any atom is 0.254 e. The lowest BCUT2D eigenvalue weighted by Crippen LogP contribution is -2.33. The number of pyridine rings is 1. The molecule has 12 heteroatoms. The number of rotatable bonds is 16. The lowest BCUT2D eigenvalue weighted by Gasteiger charge is -2.29. The molecule has 2 amide bonds. The minimum atomic E-state index is -0.617. The van der Waals surface area contributed by atoms with Crippen molar-refractivity contribution in [2.75, 3.05) is 45.7 Å². The third-order valence-corrected chi connectivity index (χ3v) is 10.0. The Balaban J connectivity index is 1.41. The molecule has 5 aromatic rings. The summed E-state index contributed by atoms with van der Waals surface area (Å²) in [6.07, 6.45) is 4.17. The zero-order chi connectivity index (χ0) is 38.2. The normalized spacial score (nSPS) is 13.4. The summed E-state index contributed by atoms with van der Waals surface area (Å²) < 4.78 is 23.2. The topological polar surface area (TPSA) is 131 Å². The summed E-state index contributed by atoms with van der Waals surface area (Å²) in [6, 6.07) is 19.6. The fraction of sp³-hybridized carbons (Fsp3) is 0.381. The molecule has 3 heterocycles. The zero-order valence-corrected chi connectivity index (χ0v) is 31.7. The summed E-state index contributed by atoms with van der Waals surface area (Å²) in [5, 5.41) is 12.5. The van der Waals surface area contributed by atoms with E-state index in [0.29, 0.717) is 37.3 Å². The number of nitrogens with one attached hydrogen (secondary N) is 2. The fourth-order valence-corrected chi connectivity index (χ4v) is 7.10. The van der Waals surface area contributed by atoms with E-state index in [2.05, 4.69) is 34.6 Å². The van der Waals surface area contributed by atoms with Crippen LogP contribution in [0.25, 0.3) is 22.2 Å². The molecule has 0 radical (unpaired) electrons. The maximum absolute atomic E-state index is 15.6. The summed E-state index contributed by atoms with van der Waals surface area (Å²) in [5.74, 6) is -1.25. The summed E-state index contributed by atoms with van der Waals surface area (Å²) >= 11 is 0. The standard InChI is InChI=1S/C42H51FN8O3/c1-5-38-36(39(47-33-15-19-54-20-16-33)35-24-46-51(6-2)41(35)48-38)27-50(42(53)32-12-8-11-31(23-32)40(44)52)26-29-13-14-37(43)34(22-29)30-10-7-9-28(21-30)25-49(4)18-17-45-3/h7-14,21-24,33,45H,5-6,15-20,25-27H2,1-4H3,(H2,44,52)(H,47,48). The summed E-state index contributed by atoms with van der Waals surface area (Å²) in [7, 11) is 3.99. The first-order valence-electron chi connectivity index (χ1n) is 18.8. The van der Waals surface area contributed by atoms with E-state index in [4.69, 9.17) is 15.5 Å². The number of carbonyl (C=O) groups is 2. The van der Waals surface area contributed by atoms with Crippen LogP contribution in [-0.4, -0.2) is 82.8 Å². The third kappa shape index (κ3) is 8.95. The lowest BCUT2D eigenvalue weighted by molar-refractivity contribution is 0.0729. The van der Waals surface area contributed by atoms with Crippen LogP contribution in [0.4, 0.5) is 10.1 Å². The Morgan fingerprint density at radius 3 is 2.48 bits per heavy atom. The first-order valence-corrected chi connectivity index (χ1v) is 18.8. The van der Waals surface area contributed by atoms with Crippen LogP contribution in [0, 0.1) is 5.82 Å². The van der Waals surface area contributed by atoms with E-state index < -0.39 is 5.91 Å². The number of likely N-dealkylation sites (N-methyl/N-ethyl adjacent to an activating group) is 2. The van der Waals surface area contributed by atoms with Crippen LogP contribution in [0.3, 0.4) is 0 Å². The molecule has 0 saturated carbocycles. The van der Waals surface area contributed by atoms with E-state index >= 15 is 4.39 Å². The Hall–Kier alpha value is -5.17. The molecular formula is C42H51FN8O3. The van der Waals surface area contributed by atoms with Gasteiger partial charge in [-0.25, -0.2) is 14.1 Å². The number of fused-ring (bicyclic) bond motifs is 1. The lowest BCUT2D eigenvalue weighted by atomic mass is 9.99. The van der Waals surface area contributed by atoms with Crippen molar-refractivity contribution in [3.05, 3.63) is 112 Å². The number of primary amides is 1. The molecule has 0 unspecified atom stereocenters. The van der Waals surface area contributed by atoms with Crippen LogP contribution in [0.1, 0.15) is 69.8 Å². The van der Waals surface area contributed by atoms with E-state index in [1.165, 1.54) is 12.1 Å². The summed E-state index contributed by atoms with van der Waals surface area (Å²) in [6.45, 7) is 8.95. The highest BCUT2D eigenvalue weighted by Gasteiger charge is 2.26. The Labute approximate surface area is 316 Å². The molecule has 0 atom stereocenters. The molecule has 1 fully saturated rings. The molecule has 2 aromatic heterocycles. The number of aryl methyl sites for hydroxylation is 2. The van der Waals surface area contributed by atoms with E-state index in [1.54, 1.807) is 29.2 Å². The molecule has 3 aromatic carbocycles. The number of anilines is 1. The molecule has 0 spiro atoms. The Kier molecular flexibility index (Phi) is 12.7. The minimum Gasteiger partial charge on any atom is -0.381 e. The van der Waals surface area contributed by atoms with Crippen molar-refractivity contribution in [3.63, 3.8) is 0 Å². The van der Waals surface area contributed by atoms with Gasteiger partial charge in [-0.05, 0) is 93.4 Å². The van der Waals surface area contributed by atoms with Crippen molar-refractivity contribution in [1.82, 2.24) is 29.9 Å². The molecule has 1 aliphatic rings. The van der Waals surface area contributed by atoms with Crippen LogP contribution < -0.4 is 16.4 Å². The van der Waals surface area contributed by atoms with Crippen LogP contribution in [0.15, 0.2) is 72.9 Å². The van der Waals surface area contributed by atoms with Crippen molar-refractivity contribution in [1.29, 1.82) is 0 Å². The van der Waals surface area contributed by atoms with E-state index in [1.807, 2.05) is 55.2 Å². The molecule has 4 N–H and O–H groups in total. The highest BCUT2D eigenvalue weighted by Crippen LogP contribution is 2.34. The molecule has 6 rings (SSSR count). The van der Waals surface area contributed by atoms with Crippen molar-refractivity contribution >= 4 is 28.5 Å². The summed E-state index contributed by atoms with van der Waals surface area (Å²) in [5.41, 5.74) is 12.7. The van der Waals surface area contributed by atoms with Gasteiger partial charge in [0.25, 0.3) is 5.91 Å². The molecule has 0 bridgehead atoms. The second-order valence-electron chi connectivity index (χ2n) is 14.0. The van der Waals surface area contributed by atoms with Gasteiger partial charge < -0.3 is 30.9 Å². The quantitative estimate of drug-likeness (QED) is 0.113. The number of carbonyl (C=O) groups excluding carboxylic acids is 2. The average Bonchev–Trinajstić information content (AvgIpc) is 3.61. The van der Waals surface area contributed by atoms with Gasteiger partial charge in [-0.15, -0.1) is 0 Å². The smallest absolute Gasteiger partial charge is 0.254 e. The van der Waals surface area contributed by atoms with Gasteiger partial charge in [-0.1, -0.05) is 37.3 Å². The van der Waals surface area contributed by atoms with Gasteiger partial charge in [0.2, 0.25) is 5.91 Å². The molecule has 11 nitrogen and oxygen atoms in total. The molecular weight excluding hydrogens is 684 g/mol. The number of aromatic nitrogens is 3. The number of nitrogens with two attached hydrogens (primary N) is 1. The number of ether oxygens (including phenoxy) is 1. The molecule has 1 aliphatic heterocycles. The second-order valence-corrected chi connectivity index (χ2v) is 14.0. The third-order valence-electron chi connectivity index (χ3n) is 10.0. The summed E-state index contributed by atoms with van der Waals surface area (Å²) in [4.78, 5) is 35.8. The van der Waals surface area contributed by atoms with Gasteiger partial charge in [-0.3, -0.25) is 9.59 Å². The maximum atomic E-state index is 15.6. The van der Waals surface area contributed by atoms with E-state index in [0.717, 1.165) is 77.1 Å². The van der Waals surface area contributed by atoms with Gasteiger partial charge in [0.15, 0.2) is 5.65 Å². The number of nitrogens with zero attached hydrogens (tertiary/aromatic N) is 5. The zero-order valence-electron chi connectivity index (χ0n) is 31.7. The highest BCUT2D eigenvalue weighted by molar-refractivity contribution is 5.99. The van der Waals surface area contributed by atoms with Crippen LogP contribution in [0.2, 0.25) is 0 Å². The molecule has 1 saturated heterocycles. The van der Waals surface area contributed by atoms with Gasteiger partial charge in [0.05, 0.1) is 23.8 Å². The predicted octanol–water partition coefficient (Wildman–Crippen LogP) is 6.00. The number of halogens is 1. The Morgan fingerprint density at radius 2 is 1.74 bits per heavy atom.